The Kier molecular flexibility index (Phi) is 4.72. The summed E-state index contributed by atoms with van der Waals surface area (Å²) in [6.45, 7) is 4.00. The third kappa shape index (κ3) is 2.97. The third-order valence-electron chi connectivity index (χ3n) is 3.34. The van der Waals surface area contributed by atoms with Crippen molar-refractivity contribution in [2.45, 2.75) is 37.6 Å². The Morgan fingerprint density at radius 1 is 1.32 bits per heavy atom. The Bertz CT molecular complexity index is 538. The molecular formula is C11H21N3O4S. The Morgan fingerprint density at radius 3 is 2.16 bits per heavy atom. The van der Waals surface area contributed by atoms with E-state index >= 15 is 0 Å². The minimum Gasteiger partial charge on any atom is -0.394 e. The van der Waals surface area contributed by atoms with Crippen LogP contribution in [0, 0.1) is 13.8 Å². The molecule has 1 rings (SSSR count). The molecule has 1 aromatic rings. The number of aryl methyl sites for hydroxylation is 2. The van der Waals surface area contributed by atoms with Gasteiger partial charge >= 0.3 is 0 Å². The zero-order chi connectivity index (χ0) is 14.8. The molecule has 8 heteroatoms. The Balaban J connectivity index is 3.25. The number of rotatable bonds is 6. The molecule has 3 N–H and O–H groups in total. The van der Waals surface area contributed by atoms with Crippen LogP contribution in [0.25, 0.3) is 0 Å². The first-order valence-electron chi connectivity index (χ1n) is 5.99. The monoisotopic (exact) mass is 291 g/mol. The molecule has 1 aromatic heterocycles. The van der Waals surface area contributed by atoms with E-state index in [2.05, 4.69) is 9.82 Å². The van der Waals surface area contributed by atoms with Crippen molar-refractivity contribution in [3.63, 3.8) is 0 Å². The van der Waals surface area contributed by atoms with E-state index in [0.29, 0.717) is 11.4 Å². The summed E-state index contributed by atoms with van der Waals surface area (Å²) in [5, 5.41) is 22.7. The number of nitrogens with zero attached hydrogens (tertiary/aromatic N) is 2. The van der Waals surface area contributed by atoms with Gasteiger partial charge in [-0.05, 0) is 20.3 Å². The lowest BCUT2D eigenvalue weighted by atomic mass is 10.0. The zero-order valence-corrected chi connectivity index (χ0v) is 12.5. The maximum Gasteiger partial charge on any atom is 0.244 e. The van der Waals surface area contributed by atoms with E-state index in [1.54, 1.807) is 27.8 Å². The number of nitrogens with one attached hydrogen (secondary N) is 1. The van der Waals surface area contributed by atoms with Crippen molar-refractivity contribution in [2.75, 3.05) is 13.2 Å². The van der Waals surface area contributed by atoms with Gasteiger partial charge in [0, 0.05) is 7.05 Å². The molecular weight excluding hydrogens is 270 g/mol. The second kappa shape index (κ2) is 5.58. The van der Waals surface area contributed by atoms with E-state index in [-0.39, 0.29) is 11.3 Å². The van der Waals surface area contributed by atoms with Gasteiger partial charge in [-0.3, -0.25) is 4.68 Å². The lowest BCUT2D eigenvalue weighted by Gasteiger charge is -2.29. The summed E-state index contributed by atoms with van der Waals surface area (Å²) in [5.74, 6) is 0. The third-order valence-corrected chi connectivity index (χ3v) is 5.17. The van der Waals surface area contributed by atoms with Crippen LogP contribution >= 0.6 is 0 Å². The molecule has 0 aliphatic heterocycles. The highest BCUT2D eigenvalue weighted by Crippen LogP contribution is 2.21. The topological polar surface area (TPSA) is 104 Å². The molecule has 0 fully saturated rings. The van der Waals surface area contributed by atoms with Crippen LogP contribution in [0.2, 0.25) is 0 Å². The van der Waals surface area contributed by atoms with Crippen LogP contribution in [0.3, 0.4) is 0 Å². The zero-order valence-electron chi connectivity index (χ0n) is 11.6. The summed E-state index contributed by atoms with van der Waals surface area (Å²) in [4.78, 5) is 0.0923. The standard InChI is InChI=1S/C11H21N3O4S/c1-5-11(6-15,7-16)13-19(17,18)10-8(2)12-14(4)9(10)3/h13,15-16H,5-7H2,1-4H3. The second-order valence-corrected chi connectivity index (χ2v) is 6.30. The van der Waals surface area contributed by atoms with Crippen LogP contribution in [0.5, 0.6) is 0 Å². The minimum absolute atomic E-state index is 0.0923. The molecule has 0 atom stereocenters. The quantitative estimate of drug-likeness (QED) is 0.652. The van der Waals surface area contributed by atoms with Crippen molar-refractivity contribution in [3.05, 3.63) is 11.4 Å². The van der Waals surface area contributed by atoms with Crippen molar-refractivity contribution in [1.82, 2.24) is 14.5 Å². The van der Waals surface area contributed by atoms with Crippen LogP contribution in [0.15, 0.2) is 4.90 Å². The molecule has 0 saturated heterocycles. The summed E-state index contributed by atoms with van der Waals surface area (Å²) in [6.07, 6.45) is 0.275. The maximum atomic E-state index is 12.4. The molecule has 0 aromatic carbocycles. The Hall–Kier alpha value is -0.960. The lowest BCUT2D eigenvalue weighted by Crippen LogP contribution is -2.53. The Morgan fingerprint density at radius 2 is 1.84 bits per heavy atom. The molecule has 7 nitrogen and oxygen atoms in total. The summed E-state index contributed by atoms with van der Waals surface area (Å²) in [7, 11) is -2.19. The summed E-state index contributed by atoms with van der Waals surface area (Å²) in [6, 6.07) is 0. The van der Waals surface area contributed by atoms with Crippen molar-refractivity contribution in [1.29, 1.82) is 0 Å². The van der Waals surface area contributed by atoms with Gasteiger partial charge in [-0.15, -0.1) is 0 Å². The van der Waals surface area contributed by atoms with Crippen LogP contribution in [-0.2, 0) is 17.1 Å². The van der Waals surface area contributed by atoms with Crippen LogP contribution in [0.4, 0.5) is 0 Å². The van der Waals surface area contributed by atoms with Gasteiger partial charge in [-0.25, -0.2) is 13.1 Å². The smallest absolute Gasteiger partial charge is 0.244 e. The summed E-state index contributed by atoms with van der Waals surface area (Å²) in [5.41, 5.74) is -0.368. The number of aliphatic hydroxyl groups is 2. The fraction of sp³-hybridized carbons (Fsp3) is 0.727. The van der Waals surface area contributed by atoms with Gasteiger partial charge in [0.25, 0.3) is 0 Å². The SMILES string of the molecule is CCC(CO)(CO)NS(=O)(=O)c1c(C)nn(C)c1C. The van der Waals surface area contributed by atoms with Gasteiger partial charge in [0.05, 0.1) is 30.1 Å². The lowest BCUT2D eigenvalue weighted by molar-refractivity contribution is 0.105. The first-order chi connectivity index (χ1) is 8.73. The van der Waals surface area contributed by atoms with Crippen molar-refractivity contribution >= 4 is 10.0 Å². The van der Waals surface area contributed by atoms with E-state index in [0.717, 1.165) is 0 Å². The van der Waals surface area contributed by atoms with Gasteiger partial charge in [0.15, 0.2) is 0 Å². The van der Waals surface area contributed by atoms with Gasteiger partial charge in [-0.2, -0.15) is 5.10 Å². The fourth-order valence-electron chi connectivity index (χ4n) is 1.89. The molecule has 0 spiro atoms. The first-order valence-corrected chi connectivity index (χ1v) is 7.47. The van der Waals surface area contributed by atoms with Gasteiger partial charge < -0.3 is 10.2 Å². The number of hydrogen-bond donors (Lipinski definition) is 3. The van der Waals surface area contributed by atoms with Crippen molar-refractivity contribution in [3.8, 4) is 0 Å². The average molecular weight is 291 g/mol. The van der Waals surface area contributed by atoms with Gasteiger partial charge in [-0.1, -0.05) is 6.92 Å². The molecule has 110 valence electrons. The molecule has 0 bridgehead atoms. The van der Waals surface area contributed by atoms with Crippen molar-refractivity contribution in [2.24, 2.45) is 7.05 Å². The summed E-state index contributed by atoms with van der Waals surface area (Å²) >= 11 is 0. The molecule has 19 heavy (non-hydrogen) atoms. The Labute approximate surface area is 113 Å². The fourth-order valence-corrected chi connectivity index (χ4v) is 3.79. The normalized spacial score (nSPS) is 12.9. The van der Waals surface area contributed by atoms with Crippen molar-refractivity contribution < 1.29 is 18.6 Å². The molecule has 0 saturated carbocycles. The molecule has 1 heterocycles. The maximum absolute atomic E-state index is 12.4. The molecule has 0 aliphatic carbocycles. The number of hydrogen-bond acceptors (Lipinski definition) is 5. The predicted octanol–water partition coefficient (Wildman–Crippen LogP) is -0.551. The van der Waals surface area contributed by atoms with Crippen LogP contribution in [-0.4, -0.2) is 47.2 Å². The number of aromatic nitrogens is 2. The second-order valence-electron chi connectivity index (χ2n) is 4.68. The van der Waals surface area contributed by atoms with Crippen LogP contribution < -0.4 is 4.72 Å². The van der Waals surface area contributed by atoms with E-state index in [1.807, 2.05) is 0 Å². The van der Waals surface area contributed by atoms with Gasteiger partial charge in [0.2, 0.25) is 10.0 Å². The number of sulfonamides is 1. The largest absolute Gasteiger partial charge is 0.394 e. The molecule has 0 unspecified atom stereocenters. The summed E-state index contributed by atoms with van der Waals surface area (Å²) < 4.78 is 28.7. The molecule has 0 radical (unpaired) electrons. The van der Waals surface area contributed by atoms with E-state index in [1.165, 1.54) is 4.68 Å². The van der Waals surface area contributed by atoms with Gasteiger partial charge in [0.1, 0.15) is 4.90 Å². The number of aliphatic hydroxyl groups excluding tert-OH is 2. The highest BCUT2D eigenvalue weighted by molar-refractivity contribution is 7.89. The highest BCUT2D eigenvalue weighted by atomic mass is 32.2. The van der Waals surface area contributed by atoms with E-state index < -0.39 is 28.8 Å². The molecule has 0 aliphatic rings. The van der Waals surface area contributed by atoms with Crippen LogP contribution in [0.1, 0.15) is 24.7 Å². The molecule has 0 amide bonds. The highest BCUT2D eigenvalue weighted by Gasteiger charge is 2.35. The van der Waals surface area contributed by atoms with E-state index in [4.69, 9.17) is 0 Å². The minimum atomic E-state index is -3.85. The average Bonchev–Trinajstić information content (AvgIpc) is 2.61. The van der Waals surface area contributed by atoms with E-state index in [9.17, 15) is 18.6 Å². The first kappa shape index (κ1) is 16.1. The predicted molar refractivity (Wildman–Crippen MR) is 70.2 cm³/mol.